The van der Waals surface area contributed by atoms with E-state index in [1.54, 1.807) is 0 Å². The molecule has 1 aliphatic heterocycles. The molecule has 23 heavy (non-hydrogen) atoms. The molecule has 2 amide bonds. The van der Waals surface area contributed by atoms with Crippen LogP contribution in [0.3, 0.4) is 0 Å². The normalized spacial score (nSPS) is 28.3. The molecular formula is C19H27N3O. The van der Waals surface area contributed by atoms with E-state index in [1.165, 1.54) is 24.8 Å². The van der Waals surface area contributed by atoms with Crippen LogP contribution in [0.25, 0.3) is 0 Å². The lowest BCUT2D eigenvalue weighted by atomic mass is 10.1. The van der Waals surface area contributed by atoms with Gasteiger partial charge in [0.25, 0.3) is 0 Å². The van der Waals surface area contributed by atoms with Gasteiger partial charge in [0.05, 0.1) is 0 Å². The van der Waals surface area contributed by atoms with Crippen LogP contribution in [0, 0.1) is 5.92 Å². The van der Waals surface area contributed by atoms with Crippen molar-refractivity contribution in [3.05, 3.63) is 35.9 Å². The third-order valence-electron chi connectivity index (χ3n) is 5.60. The molecule has 0 bridgehead atoms. The predicted octanol–water partition coefficient (Wildman–Crippen LogP) is 2.72. The van der Waals surface area contributed by atoms with Gasteiger partial charge in [0.2, 0.25) is 0 Å². The summed E-state index contributed by atoms with van der Waals surface area (Å²) in [5.41, 5.74) is 1.41. The van der Waals surface area contributed by atoms with Crippen molar-refractivity contribution in [2.75, 3.05) is 19.6 Å². The van der Waals surface area contributed by atoms with E-state index in [1.807, 2.05) is 0 Å². The summed E-state index contributed by atoms with van der Waals surface area (Å²) in [7, 11) is 0. The smallest absolute Gasteiger partial charge is 0.315 e. The summed E-state index contributed by atoms with van der Waals surface area (Å²) in [6, 6.07) is 11.9. The highest BCUT2D eigenvalue weighted by Gasteiger charge is 2.38. The number of carbonyl (C=O) groups excluding carboxylic acids is 1. The summed E-state index contributed by atoms with van der Waals surface area (Å²) in [6.07, 6.45) is 6.15. The molecule has 0 radical (unpaired) electrons. The van der Waals surface area contributed by atoms with Crippen LogP contribution < -0.4 is 10.6 Å². The van der Waals surface area contributed by atoms with E-state index < -0.39 is 0 Å². The Hall–Kier alpha value is -1.55. The molecule has 124 valence electrons. The zero-order valence-corrected chi connectivity index (χ0v) is 13.7. The zero-order chi connectivity index (χ0) is 15.6. The first-order valence-corrected chi connectivity index (χ1v) is 9.13. The lowest BCUT2D eigenvalue weighted by molar-refractivity contribution is 0.186. The largest absolute Gasteiger partial charge is 0.338 e. The Labute approximate surface area is 138 Å². The van der Waals surface area contributed by atoms with Gasteiger partial charge in [-0.3, -0.25) is 0 Å². The second kappa shape index (κ2) is 6.52. The molecule has 4 nitrogen and oxygen atoms in total. The van der Waals surface area contributed by atoms with Crippen LogP contribution in [-0.4, -0.2) is 42.6 Å². The van der Waals surface area contributed by atoms with Gasteiger partial charge >= 0.3 is 6.03 Å². The van der Waals surface area contributed by atoms with Crippen molar-refractivity contribution < 1.29 is 4.79 Å². The van der Waals surface area contributed by atoms with Crippen molar-refractivity contribution in [3.63, 3.8) is 0 Å². The summed E-state index contributed by atoms with van der Waals surface area (Å²) in [5, 5.41) is 6.23. The molecule has 0 spiro atoms. The van der Waals surface area contributed by atoms with Crippen LogP contribution in [0.15, 0.2) is 30.3 Å². The van der Waals surface area contributed by atoms with Gasteiger partial charge in [-0.25, -0.2) is 4.79 Å². The second-order valence-electron chi connectivity index (χ2n) is 7.41. The van der Waals surface area contributed by atoms with E-state index in [9.17, 15) is 4.79 Å². The first-order chi connectivity index (χ1) is 11.3. The van der Waals surface area contributed by atoms with Crippen molar-refractivity contribution >= 4 is 6.03 Å². The average molecular weight is 313 g/mol. The number of piperidine rings is 1. The lowest BCUT2D eigenvalue weighted by Crippen LogP contribution is -2.48. The fourth-order valence-electron chi connectivity index (χ4n) is 3.89. The van der Waals surface area contributed by atoms with Crippen LogP contribution in [0.2, 0.25) is 0 Å². The number of hydrogen-bond donors (Lipinski definition) is 2. The third-order valence-corrected chi connectivity index (χ3v) is 5.60. The predicted molar refractivity (Wildman–Crippen MR) is 91.4 cm³/mol. The van der Waals surface area contributed by atoms with E-state index in [2.05, 4.69) is 45.9 Å². The van der Waals surface area contributed by atoms with E-state index in [0.717, 1.165) is 38.5 Å². The Balaban J connectivity index is 1.14. The van der Waals surface area contributed by atoms with Gasteiger partial charge in [-0.2, -0.15) is 0 Å². The molecule has 4 heteroatoms. The highest BCUT2D eigenvalue weighted by atomic mass is 16.2. The molecule has 2 N–H and O–H groups in total. The molecule has 2 atom stereocenters. The monoisotopic (exact) mass is 313 g/mol. The van der Waals surface area contributed by atoms with Crippen molar-refractivity contribution in [2.45, 2.75) is 50.1 Å². The summed E-state index contributed by atoms with van der Waals surface area (Å²) < 4.78 is 0. The summed E-state index contributed by atoms with van der Waals surface area (Å²) >= 11 is 0. The molecule has 1 aromatic carbocycles. The number of benzene rings is 1. The Morgan fingerprint density at radius 1 is 1.09 bits per heavy atom. The molecule has 1 saturated heterocycles. The van der Waals surface area contributed by atoms with Crippen molar-refractivity contribution in [1.82, 2.24) is 15.5 Å². The molecule has 2 saturated carbocycles. The Morgan fingerprint density at radius 3 is 2.52 bits per heavy atom. The minimum atomic E-state index is 0.0218. The van der Waals surface area contributed by atoms with Gasteiger partial charge in [-0.05, 0) is 49.5 Å². The van der Waals surface area contributed by atoms with Gasteiger partial charge in [0.1, 0.15) is 0 Å². The quantitative estimate of drug-likeness (QED) is 0.878. The number of nitrogens with zero attached hydrogens (tertiary/aromatic N) is 1. The SMILES string of the molecule is O=C(NC[C@@H]1C[C@@H]1c1ccccc1)NC1CCN(C2CC2)CC1. The molecule has 0 unspecified atom stereocenters. The maximum absolute atomic E-state index is 12.1. The van der Waals surface area contributed by atoms with Crippen molar-refractivity contribution in [2.24, 2.45) is 5.92 Å². The molecular weight excluding hydrogens is 286 g/mol. The van der Waals surface area contributed by atoms with Gasteiger partial charge in [0.15, 0.2) is 0 Å². The highest BCUT2D eigenvalue weighted by molar-refractivity contribution is 5.74. The summed E-state index contributed by atoms with van der Waals surface area (Å²) in [5.74, 6) is 1.25. The lowest BCUT2D eigenvalue weighted by Gasteiger charge is -2.32. The maximum atomic E-state index is 12.1. The number of amides is 2. The summed E-state index contributed by atoms with van der Waals surface area (Å²) in [4.78, 5) is 14.7. The number of hydrogen-bond acceptors (Lipinski definition) is 2. The van der Waals surface area contributed by atoms with Crippen molar-refractivity contribution in [1.29, 1.82) is 0 Å². The number of nitrogens with one attached hydrogen (secondary N) is 2. The fraction of sp³-hybridized carbons (Fsp3) is 0.632. The number of likely N-dealkylation sites (tertiary alicyclic amines) is 1. The number of rotatable bonds is 5. The Bertz CT molecular complexity index is 535. The Morgan fingerprint density at radius 2 is 1.83 bits per heavy atom. The van der Waals surface area contributed by atoms with Crippen LogP contribution in [0.4, 0.5) is 4.79 Å². The molecule has 2 aliphatic carbocycles. The third kappa shape index (κ3) is 3.86. The van der Waals surface area contributed by atoms with Gasteiger partial charge in [-0.15, -0.1) is 0 Å². The van der Waals surface area contributed by atoms with Crippen LogP contribution in [0.5, 0.6) is 0 Å². The van der Waals surface area contributed by atoms with Crippen LogP contribution in [-0.2, 0) is 0 Å². The van der Waals surface area contributed by atoms with Gasteiger partial charge in [0, 0.05) is 31.7 Å². The van der Waals surface area contributed by atoms with Crippen LogP contribution in [0.1, 0.15) is 43.6 Å². The maximum Gasteiger partial charge on any atom is 0.315 e. The first-order valence-electron chi connectivity index (χ1n) is 9.13. The topological polar surface area (TPSA) is 44.4 Å². The summed E-state index contributed by atoms with van der Waals surface area (Å²) in [6.45, 7) is 3.09. The first kappa shape index (κ1) is 15.0. The molecule has 0 aromatic heterocycles. The minimum absolute atomic E-state index is 0.0218. The molecule has 3 aliphatic rings. The van der Waals surface area contributed by atoms with E-state index in [-0.39, 0.29) is 6.03 Å². The Kier molecular flexibility index (Phi) is 4.25. The zero-order valence-electron chi connectivity index (χ0n) is 13.7. The number of urea groups is 1. The van der Waals surface area contributed by atoms with E-state index in [0.29, 0.717) is 17.9 Å². The van der Waals surface area contributed by atoms with Gasteiger partial charge in [-0.1, -0.05) is 30.3 Å². The second-order valence-corrected chi connectivity index (χ2v) is 7.41. The fourth-order valence-corrected chi connectivity index (χ4v) is 3.89. The minimum Gasteiger partial charge on any atom is -0.338 e. The average Bonchev–Trinajstić information content (AvgIpc) is 3.48. The van der Waals surface area contributed by atoms with Crippen LogP contribution >= 0.6 is 0 Å². The molecule has 1 heterocycles. The molecule has 1 aromatic rings. The molecule has 3 fully saturated rings. The molecule has 4 rings (SSSR count). The van der Waals surface area contributed by atoms with E-state index >= 15 is 0 Å². The standard InChI is InChI=1S/C19H27N3O/c23-19(21-16-8-10-22(11-9-16)17-6-7-17)20-13-15-12-18(15)14-4-2-1-3-5-14/h1-5,15-18H,6-13H2,(H2,20,21,23)/t15-,18+/m0/s1. The number of carbonyl (C=O) groups is 1. The van der Waals surface area contributed by atoms with Gasteiger partial charge < -0.3 is 15.5 Å². The van der Waals surface area contributed by atoms with E-state index in [4.69, 9.17) is 0 Å². The highest BCUT2D eigenvalue weighted by Crippen LogP contribution is 2.46. The van der Waals surface area contributed by atoms with Crippen molar-refractivity contribution in [3.8, 4) is 0 Å².